The Kier molecular flexibility index (Phi) is 3.65. The van der Waals surface area contributed by atoms with E-state index in [1.807, 2.05) is 18.5 Å². The molecular weight excluding hydrogens is 256 g/mol. The van der Waals surface area contributed by atoms with Crippen LogP contribution in [-0.4, -0.2) is 41.5 Å². The maximum atomic E-state index is 11.1. The summed E-state index contributed by atoms with van der Waals surface area (Å²) >= 11 is 0. The summed E-state index contributed by atoms with van der Waals surface area (Å²) in [4.78, 5) is 11.1. The second-order valence-electron chi connectivity index (χ2n) is 5.94. The van der Waals surface area contributed by atoms with Crippen LogP contribution in [0, 0.1) is 13.8 Å². The van der Waals surface area contributed by atoms with Crippen LogP contribution in [0.4, 0.5) is 0 Å². The first kappa shape index (κ1) is 13.8. The minimum atomic E-state index is -0.0468. The average molecular weight is 278 g/mol. The lowest BCUT2D eigenvalue weighted by Gasteiger charge is -2.43. The predicted molar refractivity (Wildman–Crippen MR) is 74.1 cm³/mol. The van der Waals surface area contributed by atoms with Crippen LogP contribution in [0.3, 0.4) is 0 Å². The van der Waals surface area contributed by atoms with Crippen LogP contribution in [0.15, 0.2) is 0 Å². The number of aryl methyl sites for hydroxylation is 1. The highest BCUT2D eigenvalue weighted by Gasteiger charge is 2.40. The molecule has 20 heavy (non-hydrogen) atoms. The van der Waals surface area contributed by atoms with Gasteiger partial charge in [0.1, 0.15) is 0 Å². The van der Waals surface area contributed by atoms with Gasteiger partial charge in [-0.3, -0.25) is 9.48 Å². The molecule has 3 rings (SSSR count). The van der Waals surface area contributed by atoms with E-state index >= 15 is 0 Å². The lowest BCUT2D eigenvalue weighted by molar-refractivity contribution is -0.145. The Morgan fingerprint density at radius 3 is 2.70 bits per heavy atom. The molecule has 1 atom stereocenters. The number of rotatable bonds is 2. The SMILES string of the molecule is Cc1nn(C2CCOC3(CCOCC3)C2)c(C)c1C=O. The Balaban J connectivity index is 1.85. The fourth-order valence-electron chi connectivity index (χ4n) is 3.50. The summed E-state index contributed by atoms with van der Waals surface area (Å²) in [6.07, 6.45) is 4.77. The molecule has 2 aliphatic heterocycles. The van der Waals surface area contributed by atoms with Gasteiger partial charge in [0.05, 0.1) is 22.9 Å². The van der Waals surface area contributed by atoms with Crippen molar-refractivity contribution in [1.82, 2.24) is 9.78 Å². The van der Waals surface area contributed by atoms with Gasteiger partial charge in [0, 0.05) is 25.5 Å². The number of aromatic nitrogens is 2. The van der Waals surface area contributed by atoms with Gasteiger partial charge in [0.15, 0.2) is 6.29 Å². The molecule has 0 amide bonds. The zero-order valence-electron chi connectivity index (χ0n) is 12.2. The molecule has 0 bridgehead atoms. The normalized spacial score (nSPS) is 25.8. The topological polar surface area (TPSA) is 53.4 Å². The van der Waals surface area contributed by atoms with Crippen molar-refractivity contribution < 1.29 is 14.3 Å². The molecule has 1 unspecified atom stereocenters. The third kappa shape index (κ3) is 2.29. The van der Waals surface area contributed by atoms with Crippen molar-refractivity contribution in [3.05, 3.63) is 17.0 Å². The standard InChI is InChI=1S/C15H22N2O3/c1-11-14(10-18)12(2)17(16-11)13-3-6-20-15(9-13)4-7-19-8-5-15/h10,13H,3-9H2,1-2H3. The molecule has 3 heterocycles. The second kappa shape index (κ2) is 5.30. The number of hydrogen-bond acceptors (Lipinski definition) is 4. The number of carbonyl (C=O) groups excluding carboxylic acids is 1. The fraction of sp³-hybridized carbons (Fsp3) is 0.733. The number of hydrogen-bond donors (Lipinski definition) is 0. The predicted octanol–water partition coefficient (Wildman–Crippen LogP) is 2.21. The fourth-order valence-corrected chi connectivity index (χ4v) is 3.50. The summed E-state index contributed by atoms with van der Waals surface area (Å²) in [6.45, 7) is 6.21. The number of carbonyl (C=O) groups is 1. The highest BCUT2D eigenvalue weighted by atomic mass is 16.5. The van der Waals surface area contributed by atoms with E-state index in [0.717, 1.165) is 68.7 Å². The summed E-state index contributed by atoms with van der Waals surface area (Å²) in [5, 5.41) is 4.58. The van der Waals surface area contributed by atoms with E-state index in [1.165, 1.54) is 0 Å². The van der Waals surface area contributed by atoms with Gasteiger partial charge in [0.25, 0.3) is 0 Å². The first-order valence-corrected chi connectivity index (χ1v) is 7.38. The first-order valence-electron chi connectivity index (χ1n) is 7.38. The average Bonchev–Trinajstić information content (AvgIpc) is 2.74. The summed E-state index contributed by atoms with van der Waals surface area (Å²) in [7, 11) is 0. The van der Waals surface area contributed by atoms with Crippen LogP contribution >= 0.6 is 0 Å². The molecule has 0 aliphatic carbocycles. The van der Waals surface area contributed by atoms with E-state index in [1.54, 1.807) is 0 Å². The van der Waals surface area contributed by atoms with Crippen molar-refractivity contribution in [3.63, 3.8) is 0 Å². The Hall–Kier alpha value is -1.20. The third-order valence-corrected chi connectivity index (χ3v) is 4.72. The van der Waals surface area contributed by atoms with Gasteiger partial charge in [-0.15, -0.1) is 0 Å². The van der Waals surface area contributed by atoms with Gasteiger partial charge in [-0.25, -0.2) is 0 Å². The zero-order valence-corrected chi connectivity index (χ0v) is 12.2. The van der Waals surface area contributed by atoms with Crippen molar-refractivity contribution >= 4 is 6.29 Å². The lowest BCUT2D eigenvalue weighted by atomic mass is 9.84. The van der Waals surface area contributed by atoms with Crippen LogP contribution in [0.25, 0.3) is 0 Å². The minimum absolute atomic E-state index is 0.0468. The van der Waals surface area contributed by atoms with E-state index in [2.05, 4.69) is 5.10 Å². The molecule has 5 heteroatoms. The smallest absolute Gasteiger partial charge is 0.153 e. The molecule has 1 aromatic rings. The molecule has 0 aromatic carbocycles. The van der Waals surface area contributed by atoms with Crippen molar-refractivity contribution in [2.75, 3.05) is 19.8 Å². The minimum Gasteiger partial charge on any atom is -0.381 e. The Bertz CT molecular complexity index is 498. The molecule has 110 valence electrons. The van der Waals surface area contributed by atoms with E-state index in [4.69, 9.17) is 9.47 Å². The molecule has 2 aliphatic rings. The van der Waals surface area contributed by atoms with Gasteiger partial charge in [-0.05, 0) is 39.5 Å². The molecule has 1 aromatic heterocycles. The molecule has 2 fully saturated rings. The van der Waals surface area contributed by atoms with Crippen LogP contribution in [0.5, 0.6) is 0 Å². The van der Waals surface area contributed by atoms with Crippen molar-refractivity contribution in [3.8, 4) is 0 Å². The number of nitrogens with zero attached hydrogens (tertiary/aromatic N) is 2. The van der Waals surface area contributed by atoms with Crippen LogP contribution in [0.2, 0.25) is 0 Å². The van der Waals surface area contributed by atoms with Gasteiger partial charge in [-0.1, -0.05) is 0 Å². The Morgan fingerprint density at radius 1 is 1.30 bits per heavy atom. The Morgan fingerprint density at radius 2 is 2.05 bits per heavy atom. The molecule has 2 saturated heterocycles. The molecule has 0 saturated carbocycles. The summed E-state index contributed by atoms with van der Waals surface area (Å²) in [5.41, 5.74) is 2.49. The van der Waals surface area contributed by atoms with Crippen LogP contribution in [-0.2, 0) is 9.47 Å². The van der Waals surface area contributed by atoms with Crippen LogP contribution in [0.1, 0.15) is 53.5 Å². The first-order chi connectivity index (χ1) is 9.65. The molecular formula is C15H22N2O3. The lowest BCUT2D eigenvalue weighted by Crippen LogP contribution is -2.45. The van der Waals surface area contributed by atoms with Crippen molar-refractivity contribution in [2.24, 2.45) is 0 Å². The number of ether oxygens (including phenoxy) is 2. The monoisotopic (exact) mass is 278 g/mol. The molecule has 5 nitrogen and oxygen atoms in total. The maximum absolute atomic E-state index is 11.1. The second-order valence-corrected chi connectivity index (χ2v) is 5.94. The summed E-state index contributed by atoms with van der Waals surface area (Å²) in [6, 6.07) is 0.328. The third-order valence-electron chi connectivity index (χ3n) is 4.72. The molecule has 0 radical (unpaired) electrons. The maximum Gasteiger partial charge on any atom is 0.153 e. The van der Waals surface area contributed by atoms with Gasteiger partial charge in [0.2, 0.25) is 0 Å². The summed E-state index contributed by atoms with van der Waals surface area (Å²) < 4.78 is 13.6. The van der Waals surface area contributed by atoms with Crippen LogP contribution < -0.4 is 0 Å². The zero-order chi connectivity index (χ0) is 14.2. The van der Waals surface area contributed by atoms with E-state index in [9.17, 15) is 4.79 Å². The molecule has 1 spiro atoms. The van der Waals surface area contributed by atoms with Gasteiger partial charge >= 0.3 is 0 Å². The largest absolute Gasteiger partial charge is 0.381 e. The van der Waals surface area contributed by atoms with Crippen molar-refractivity contribution in [1.29, 1.82) is 0 Å². The highest BCUT2D eigenvalue weighted by molar-refractivity contribution is 5.78. The highest BCUT2D eigenvalue weighted by Crippen LogP contribution is 2.39. The van der Waals surface area contributed by atoms with E-state index < -0.39 is 0 Å². The van der Waals surface area contributed by atoms with E-state index in [-0.39, 0.29) is 5.60 Å². The molecule has 0 N–H and O–H groups in total. The Labute approximate surface area is 119 Å². The number of aldehydes is 1. The quantitative estimate of drug-likeness (QED) is 0.778. The van der Waals surface area contributed by atoms with Gasteiger partial charge < -0.3 is 9.47 Å². The van der Waals surface area contributed by atoms with Gasteiger partial charge in [-0.2, -0.15) is 5.10 Å². The van der Waals surface area contributed by atoms with E-state index in [0.29, 0.717) is 6.04 Å². The summed E-state index contributed by atoms with van der Waals surface area (Å²) in [5.74, 6) is 0. The van der Waals surface area contributed by atoms with Crippen molar-refractivity contribution in [2.45, 2.75) is 51.2 Å².